The highest BCUT2D eigenvalue weighted by molar-refractivity contribution is 5.87. The molecule has 2 unspecified atom stereocenters. The van der Waals surface area contributed by atoms with Gasteiger partial charge in [0.2, 0.25) is 11.8 Å². The van der Waals surface area contributed by atoms with Crippen LogP contribution in [0.3, 0.4) is 0 Å². The highest BCUT2D eigenvalue weighted by Crippen LogP contribution is 2.20. The van der Waals surface area contributed by atoms with Crippen molar-refractivity contribution in [2.45, 2.75) is 212 Å². The minimum atomic E-state index is -1.53. The maximum Gasteiger partial charge on any atom is 0.326 e. The molecule has 0 aliphatic heterocycles. The van der Waals surface area contributed by atoms with Crippen LogP contribution in [-0.2, 0) is 47.9 Å². The van der Waals surface area contributed by atoms with Crippen molar-refractivity contribution in [2.75, 3.05) is 0 Å². The first-order valence-corrected chi connectivity index (χ1v) is 23.1. The monoisotopic (exact) mass is 897 g/mol. The minimum Gasteiger partial charge on any atom is -0.481 e. The number of unbranched alkanes of at least 4 members (excludes halogenated alkanes) is 13. The highest BCUT2D eigenvalue weighted by atomic mass is 16.4. The molecule has 0 rings (SSSR count). The summed E-state index contributed by atoms with van der Waals surface area (Å²) >= 11 is 0. The molecule has 0 saturated heterocycles. The number of Topliss-reactive ketones (excluding diaryl/α,β-unsaturated/α-hetero) is 3. The third-order valence-corrected chi connectivity index (χ3v) is 11.3. The van der Waals surface area contributed by atoms with Crippen molar-refractivity contribution in [3.05, 3.63) is 0 Å². The lowest BCUT2D eigenvalue weighted by Crippen LogP contribution is -2.44. The van der Waals surface area contributed by atoms with Gasteiger partial charge < -0.3 is 36.2 Å². The predicted molar refractivity (Wildman–Crippen MR) is 233 cm³/mol. The molecule has 0 fully saturated rings. The Hall–Kier alpha value is -4.70. The fourth-order valence-corrected chi connectivity index (χ4v) is 7.17. The number of hydrogen-bond acceptors (Lipinski definition) is 10. The molecular weight excluding hydrogens is 821 g/mol. The lowest BCUT2D eigenvalue weighted by atomic mass is 9.92. The number of hydrogen-bond donors (Lipinski definition) is 7. The van der Waals surface area contributed by atoms with E-state index in [9.17, 15) is 68.4 Å². The van der Waals surface area contributed by atoms with Gasteiger partial charge in [0, 0.05) is 57.3 Å². The van der Waals surface area contributed by atoms with E-state index in [0.717, 1.165) is 57.8 Å². The molecule has 0 aliphatic rings. The Morgan fingerprint density at radius 3 is 1.10 bits per heavy atom. The van der Waals surface area contributed by atoms with E-state index in [4.69, 9.17) is 5.11 Å². The quantitative estimate of drug-likeness (QED) is 0.0296. The van der Waals surface area contributed by atoms with Crippen LogP contribution in [0.5, 0.6) is 0 Å². The number of carbonyl (C=O) groups excluding carboxylic acids is 5. The van der Waals surface area contributed by atoms with Gasteiger partial charge in [-0.15, -0.1) is 0 Å². The van der Waals surface area contributed by atoms with E-state index in [1.54, 1.807) is 13.8 Å². The average molecular weight is 897 g/mol. The van der Waals surface area contributed by atoms with Crippen LogP contribution in [0.15, 0.2) is 0 Å². The largest absolute Gasteiger partial charge is 0.481 e. The molecule has 63 heavy (non-hydrogen) atoms. The summed E-state index contributed by atoms with van der Waals surface area (Å²) in [5.74, 6) is -9.89. The van der Waals surface area contributed by atoms with Crippen LogP contribution in [0.2, 0.25) is 0 Å². The highest BCUT2D eigenvalue weighted by Gasteiger charge is 2.26. The van der Waals surface area contributed by atoms with E-state index in [1.165, 1.54) is 32.1 Å². The first kappa shape index (κ1) is 58.3. The van der Waals surface area contributed by atoms with Gasteiger partial charge in [0.1, 0.15) is 29.4 Å². The van der Waals surface area contributed by atoms with Crippen molar-refractivity contribution in [2.24, 2.45) is 17.8 Å². The zero-order valence-corrected chi connectivity index (χ0v) is 37.7. The first-order valence-electron chi connectivity index (χ1n) is 23.1. The Morgan fingerprint density at radius 2 is 0.683 bits per heavy atom. The van der Waals surface area contributed by atoms with Gasteiger partial charge >= 0.3 is 29.8 Å². The molecule has 0 saturated carbocycles. The summed E-state index contributed by atoms with van der Waals surface area (Å²) in [6, 6.07) is -2.99. The van der Waals surface area contributed by atoms with Crippen molar-refractivity contribution in [1.82, 2.24) is 10.6 Å². The summed E-state index contributed by atoms with van der Waals surface area (Å²) in [7, 11) is 0. The van der Waals surface area contributed by atoms with Gasteiger partial charge in [-0.05, 0) is 57.8 Å². The van der Waals surface area contributed by atoms with E-state index in [1.807, 2.05) is 0 Å². The Balaban J connectivity index is 4.44. The maximum absolute atomic E-state index is 12.6. The topological polar surface area (TPSA) is 296 Å². The predicted octanol–water partition coefficient (Wildman–Crippen LogP) is 7.29. The van der Waals surface area contributed by atoms with Gasteiger partial charge in [-0.3, -0.25) is 38.4 Å². The van der Waals surface area contributed by atoms with E-state index < -0.39 is 78.4 Å². The Morgan fingerprint density at radius 1 is 0.349 bits per heavy atom. The zero-order valence-electron chi connectivity index (χ0n) is 37.7. The summed E-state index contributed by atoms with van der Waals surface area (Å²) in [5, 5.41) is 51.5. The second-order valence-corrected chi connectivity index (χ2v) is 17.1. The number of carboxylic acids is 5. The molecule has 2 amide bonds. The van der Waals surface area contributed by atoms with Crippen LogP contribution < -0.4 is 10.6 Å². The number of amides is 2. The summed E-state index contributed by atoms with van der Waals surface area (Å²) in [5.41, 5.74) is 0. The Labute approximate surface area is 372 Å². The van der Waals surface area contributed by atoms with E-state index in [-0.39, 0.29) is 100 Å². The molecule has 17 nitrogen and oxygen atoms in total. The molecule has 0 heterocycles. The van der Waals surface area contributed by atoms with E-state index in [2.05, 4.69) is 10.6 Å². The molecule has 0 aromatic rings. The second kappa shape index (κ2) is 35.7. The number of nitrogens with one attached hydrogen (secondary N) is 2. The number of ketones is 3. The molecule has 7 N–H and O–H groups in total. The van der Waals surface area contributed by atoms with Gasteiger partial charge in [-0.25, -0.2) is 9.59 Å². The van der Waals surface area contributed by atoms with Gasteiger partial charge in [0.05, 0.1) is 11.8 Å². The lowest BCUT2D eigenvalue weighted by molar-refractivity contribution is -0.144. The normalized spacial score (nSPS) is 13.1. The van der Waals surface area contributed by atoms with Crippen molar-refractivity contribution < 1.29 is 73.5 Å². The van der Waals surface area contributed by atoms with Gasteiger partial charge in [-0.1, -0.05) is 90.9 Å². The SMILES string of the molecule is CC(C)C(=O)CC[C@H](CCCC(=O)CCC(NC(=O)CCC(NC(=O)CC[C@@H](CCC(=O)CCCCCCCCCCCCCCCCC(=O)O)C(=O)O)C(=O)O)C(=O)O)C(=O)O. The minimum absolute atomic E-state index is 0.0143. The van der Waals surface area contributed by atoms with Crippen LogP contribution in [-0.4, -0.2) is 96.6 Å². The second-order valence-electron chi connectivity index (χ2n) is 17.1. The van der Waals surface area contributed by atoms with E-state index >= 15 is 0 Å². The summed E-state index contributed by atoms with van der Waals surface area (Å²) < 4.78 is 0. The average Bonchev–Trinajstić information content (AvgIpc) is 3.21. The third-order valence-electron chi connectivity index (χ3n) is 11.3. The fraction of sp³-hybridized carbons (Fsp3) is 0.783. The van der Waals surface area contributed by atoms with Crippen LogP contribution >= 0.6 is 0 Å². The maximum atomic E-state index is 12.6. The zero-order chi connectivity index (χ0) is 47.6. The first-order chi connectivity index (χ1) is 29.8. The molecule has 0 aromatic carbocycles. The van der Waals surface area contributed by atoms with Crippen LogP contribution in [0.1, 0.15) is 200 Å². The lowest BCUT2D eigenvalue weighted by Gasteiger charge is -2.17. The van der Waals surface area contributed by atoms with Gasteiger partial charge in [0.25, 0.3) is 0 Å². The van der Waals surface area contributed by atoms with E-state index in [0.29, 0.717) is 6.42 Å². The number of carboxylic acid groups (broad SMARTS) is 5. The fourth-order valence-electron chi connectivity index (χ4n) is 7.17. The van der Waals surface area contributed by atoms with Crippen LogP contribution in [0.25, 0.3) is 0 Å². The Bertz CT molecular complexity index is 1450. The van der Waals surface area contributed by atoms with Crippen LogP contribution in [0, 0.1) is 17.8 Å². The van der Waals surface area contributed by atoms with Crippen molar-refractivity contribution in [1.29, 1.82) is 0 Å². The Kier molecular flexibility index (Phi) is 33.1. The number of carbonyl (C=O) groups is 10. The molecule has 17 heteroatoms. The van der Waals surface area contributed by atoms with Crippen molar-refractivity contribution >= 4 is 59.0 Å². The van der Waals surface area contributed by atoms with Crippen LogP contribution in [0.4, 0.5) is 0 Å². The third kappa shape index (κ3) is 32.6. The number of rotatable bonds is 43. The summed E-state index contributed by atoms with van der Waals surface area (Å²) in [6.45, 7) is 3.45. The molecule has 0 spiro atoms. The van der Waals surface area contributed by atoms with Crippen molar-refractivity contribution in [3.8, 4) is 0 Å². The summed E-state index contributed by atoms with van der Waals surface area (Å²) in [4.78, 5) is 119. The van der Waals surface area contributed by atoms with Gasteiger partial charge in [-0.2, -0.15) is 0 Å². The molecule has 0 aliphatic carbocycles. The smallest absolute Gasteiger partial charge is 0.326 e. The standard InChI is InChI=1S/C46H76N2O15/c1-32(2)39(51)29-23-33(43(56)57)18-17-20-36(50)26-27-37(45(60)61)47-41(53)31-28-38(46(62)63)48-40(52)30-24-34(44(58)59)22-25-35(49)19-15-13-11-9-7-5-3-4-6-8-10-12-14-16-21-42(54)55/h32-34,37-38H,3-31H2,1-2H3,(H,47,53)(H,48,52)(H,54,55)(H,56,57)(H,58,59)(H,60,61)(H,62,63)/t33-,34+,37?,38?/m0/s1. The number of aliphatic carboxylic acids is 5. The van der Waals surface area contributed by atoms with Gasteiger partial charge in [0.15, 0.2) is 0 Å². The summed E-state index contributed by atoms with van der Waals surface area (Å²) in [6.07, 6.45) is 14.4. The molecule has 0 radical (unpaired) electrons. The molecule has 0 aromatic heterocycles. The molecule has 4 atom stereocenters. The molecule has 360 valence electrons. The molecule has 0 bridgehead atoms. The molecular formula is C46H76N2O15. The van der Waals surface area contributed by atoms with Crippen molar-refractivity contribution in [3.63, 3.8) is 0 Å².